The lowest BCUT2D eigenvalue weighted by Crippen LogP contribution is -2.13. The first-order valence-corrected chi connectivity index (χ1v) is 5.44. The minimum Gasteiger partial charge on any atom is -0.497 e. The standard InChI is InChI=1S/C13H18O4/c1-9(2)17-8-13(14)10-5-11(15-3)7-12(6-10)16-4/h5-7,9H,8H2,1-4H3. The van der Waals surface area contributed by atoms with Crippen LogP contribution in [-0.4, -0.2) is 32.7 Å². The fourth-order valence-electron chi connectivity index (χ4n) is 1.29. The van der Waals surface area contributed by atoms with Crippen LogP contribution in [0, 0.1) is 0 Å². The molecule has 0 saturated heterocycles. The first kappa shape index (κ1) is 13.5. The molecule has 17 heavy (non-hydrogen) atoms. The van der Waals surface area contributed by atoms with E-state index in [1.54, 1.807) is 32.4 Å². The lowest BCUT2D eigenvalue weighted by atomic mass is 10.1. The Morgan fingerprint density at radius 2 is 1.65 bits per heavy atom. The smallest absolute Gasteiger partial charge is 0.188 e. The van der Waals surface area contributed by atoms with Crippen molar-refractivity contribution in [2.24, 2.45) is 0 Å². The number of benzene rings is 1. The van der Waals surface area contributed by atoms with Crippen molar-refractivity contribution in [2.45, 2.75) is 20.0 Å². The predicted octanol–water partition coefficient (Wildman–Crippen LogP) is 2.31. The number of hydrogen-bond acceptors (Lipinski definition) is 4. The van der Waals surface area contributed by atoms with Crippen LogP contribution in [0.2, 0.25) is 0 Å². The van der Waals surface area contributed by atoms with E-state index < -0.39 is 0 Å². The first-order chi connectivity index (χ1) is 8.06. The summed E-state index contributed by atoms with van der Waals surface area (Å²) in [5, 5.41) is 0. The van der Waals surface area contributed by atoms with Crippen molar-refractivity contribution >= 4 is 5.78 Å². The molecule has 94 valence electrons. The van der Waals surface area contributed by atoms with Crippen LogP contribution in [-0.2, 0) is 4.74 Å². The molecule has 0 heterocycles. The number of carbonyl (C=O) groups excluding carboxylic acids is 1. The zero-order valence-electron chi connectivity index (χ0n) is 10.6. The lowest BCUT2D eigenvalue weighted by molar-refractivity contribution is 0.0584. The number of Topliss-reactive ketones (excluding diaryl/α,β-unsaturated/α-hetero) is 1. The first-order valence-electron chi connectivity index (χ1n) is 5.44. The molecule has 0 aliphatic rings. The van der Waals surface area contributed by atoms with Gasteiger partial charge < -0.3 is 14.2 Å². The van der Waals surface area contributed by atoms with Crippen molar-refractivity contribution < 1.29 is 19.0 Å². The van der Waals surface area contributed by atoms with Gasteiger partial charge in [0.25, 0.3) is 0 Å². The molecule has 0 radical (unpaired) electrons. The van der Waals surface area contributed by atoms with Gasteiger partial charge in [-0.05, 0) is 26.0 Å². The second kappa shape index (κ2) is 6.25. The average Bonchev–Trinajstić information content (AvgIpc) is 2.34. The van der Waals surface area contributed by atoms with E-state index in [9.17, 15) is 4.79 Å². The monoisotopic (exact) mass is 238 g/mol. The van der Waals surface area contributed by atoms with Crippen LogP contribution in [0.5, 0.6) is 11.5 Å². The normalized spacial score (nSPS) is 10.4. The van der Waals surface area contributed by atoms with Gasteiger partial charge in [-0.15, -0.1) is 0 Å². The Balaban J connectivity index is 2.84. The van der Waals surface area contributed by atoms with Crippen molar-refractivity contribution in [2.75, 3.05) is 20.8 Å². The zero-order chi connectivity index (χ0) is 12.8. The summed E-state index contributed by atoms with van der Waals surface area (Å²) >= 11 is 0. The van der Waals surface area contributed by atoms with E-state index in [4.69, 9.17) is 14.2 Å². The molecule has 1 aromatic carbocycles. The summed E-state index contributed by atoms with van der Waals surface area (Å²) in [5.41, 5.74) is 0.529. The highest BCUT2D eigenvalue weighted by Crippen LogP contribution is 2.22. The molecule has 0 aliphatic carbocycles. The summed E-state index contributed by atoms with van der Waals surface area (Å²) in [6.07, 6.45) is 0.0338. The topological polar surface area (TPSA) is 44.8 Å². The number of methoxy groups -OCH3 is 2. The molecule has 0 N–H and O–H groups in total. The van der Waals surface area contributed by atoms with Gasteiger partial charge in [0, 0.05) is 11.6 Å². The molecular weight excluding hydrogens is 220 g/mol. The van der Waals surface area contributed by atoms with E-state index in [0.29, 0.717) is 17.1 Å². The Bertz CT molecular complexity index is 363. The molecule has 0 aromatic heterocycles. The molecule has 0 atom stereocenters. The molecular formula is C13H18O4. The van der Waals surface area contributed by atoms with E-state index in [1.807, 2.05) is 13.8 Å². The van der Waals surface area contributed by atoms with E-state index in [-0.39, 0.29) is 18.5 Å². The average molecular weight is 238 g/mol. The number of hydrogen-bond donors (Lipinski definition) is 0. The molecule has 0 aliphatic heterocycles. The number of rotatable bonds is 6. The molecule has 0 spiro atoms. The van der Waals surface area contributed by atoms with Gasteiger partial charge in [0.05, 0.1) is 20.3 Å². The third-order valence-corrected chi connectivity index (χ3v) is 2.22. The molecule has 1 aromatic rings. The van der Waals surface area contributed by atoms with Gasteiger partial charge in [-0.1, -0.05) is 0 Å². The molecule has 0 fully saturated rings. The summed E-state index contributed by atoms with van der Waals surface area (Å²) in [4.78, 5) is 11.8. The third kappa shape index (κ3) is 4.07. The van der Waals surface area contributed by atoms with Crippen LogP contribution in [0.3, 0.4) is 0 Å². The van der Waals surface area contributed by atoms with Gasteiger partial charge >= 0.3 is 0 Å². The van der Waals surface area contributed by atoms with Gasteiger partial charge in [0.2, 0.25) is 0 Å². The van der Waals surface area contributed by atoms with Crippen LogP contribution < -0.4 is 9.47 Å². The van der Waals surface area contributed by atoms with Crippen molar-refractivity contribution in [3.8, 4) is 11.5 Å². The second-order valence-electron chi connectivity index (χ2n) is 3.88. The fraction of sp³-hybridized carbons (Fsp3) is 0.462. The fourth-order valence-corrected chi connectivity index (χ4v) is 1.29. The van der Waals surface area contributed by atoms with Crippen LogP contribution in [0.1, 0.15) is 24.2 Å². The highest BCUT2D eigenvalue weighted by atomic mass is 16.5. The molecule has 4 heteroatoms. The Labute approximate surface area is 101 Å². The number of carbonyl (C=O) groups is 1. The van der Waals surface area contributed by atoms with E-state index in [2.05, 4.69) is 0 Å². The maximum Gasteiger partial charge on any atom is 0.188 e. The molecule has 1 rings (SSSR count). The summed E-state index contributed by atoms with van der Waals surface area (Å²) < 4.78 is 15.5. The highest BCUT2D eigenvalue weighted by molar-refractivity contribution is 5.97. The van der Waals surface area contributed by atoms with Crippen LogP contribution in [0.25, 0.3) is 0 Å². The van der Waals surface area contributed by atoms with Gasteiger partial charge in [0.1, 0.15) is 18.1 Å². The minimum atomic E-state index is -0.0871. The second-order valence-corrected chi connectivity index (χ2v) is 3.88. The molecule has 0 bridgehead atoms. The summed E-state index contributed by atoms with van der Waals surface area (Å²) in [6.45, 7) is 3.84. The maximum atomic E-state index is 11.8. The van der Waals surface area contributed by atoms with E-state index in [0.717, 1.165) is 0 Å². The summed E-state index contributed by atoms with van der Waals surface area (Å²) in [5.74, 6) is 1.10. The Hall–Kier alpha value is -1.55. The van der Waals surface area contributed by atoms with E-state index >= 15 is 0 Å². The number of ether oxygens (including phenoxy) is 3. The lowest BCUT2D eigenvalue weighted by Gasteiger charge is -2.09. The Morgan fingerprint density at radius 1 is 1.12 bits per heavy atom. The third-order valence-electron chi connectivity index (χ3n) is 2.22. The largest absolute Gasteiger partial charge is 0.497 e. The van der Waals surface area contributed by atoms with Crippen molar-refractivity contribution in [1.82, 2.24) is 0 Å². The van der Waals surface area contributed by atoms with Crippen molar-refractivity contribution in [3.05, 3.63) is 23.8 Å². The van der Waals surface area contributed by atoms with Gasteiger partial charge in [0.15, 0.2) is 5.78 Å². The summed E-state index contributed by atoms with van der Waals surface area (Å²) in [7, 11) is 3.10. The SMILES string of the molecule is COc1cc(OC)cc(C(=O)COC(C)C)c1. The van der Waals surface area contributed by atoms with Gasteiger partial charge in [-0.25, -0.2) is 0 Å². The molecule has 0 saturated carbocycles. The Kier molecular flexibility index (Phi) is 4.97. The number of ketones is 1. The van der Waals surface area contributed by atoms with Crippen molar-refractivity contribution in [3.63, 3.8) is 0 Å². The molecule has 0 unspecified atom stereocenters. The van der Waals surface area contributed by atoms with Crippen LogP contribution >= 0.6 is 0 Å². The molecule has 0 amide bonds. The zero-order valence-corrected chi connectivity index (χ0v) is 10.6. The van der Waals surface area contributed by atoms with Crippen LogP contribution in [0.4, 0.5) is 0 Å². The maximum absolute atomic E-state index is 11.8. The predicted molar refractivity (Wildman–Crippen MR) is 65.0 cm³/mol. The van der Waals surface area contributed by atoms with Crippen molar-refractivity contribution in [1.29, 1.82) is 0 Å². The Morgan fingerprint density at radius 3 is 2.06 bits per heavy atom. The molecule has 4 nitrogen and oxygen atoms in total. The van der Waals surface area contributed by atoms with Gasteiger partial charge in [-0.2, -0.15) is 0 Å². The minimum absolute atomic E-state index is 0.0338. The van der Waals surface area contributed by atoms with Gasteiger partial charge in [-0.3, -0.25) is 4.79 Å². The van der Waals surface area contributed by atoms with Crippen LogP contribution in [0.15, 0.2) is 18.2 Å². The highest BCUT2D eigenvalue weighted by Gasteiger charge is 2.10. The quantitative estimate of drug-likeness (QED) is 0.713. The summed E-state index contributed by atoms with van der Waals surface area (Å²) in [6, 6.07) is 5.07. The van der Waals surface area contributed by atoms with E-state index in [1.165, 1.54) is 0 Å².